The van der Waals surface area contributed by atoms with E-state index in [9.17, 15) is 0 Å². The Hall–Kier alpha value is -1.04. The minimum absolute atomic E-state index is 0.567. The summed E-state index contributed by atoms with van der Waals surface area (Å²) in [4.78, 5) is 3.55. The average molecular weight is 154 g/mol. The first kappa shape index (κ1) is 9.96. The van der Waals surface area contributed by atoms with E-state index in [1.165, 1.54) is 0 Å². The highest BCUT2D eigenvalue weighted by molar-refractivity contribution is 5.76. The first-order chi connectivity index (χ1) is 5.35. The van der Waals surface area contributed by atoms with Crippen molar-refractivity contribution in [2.75, 3.05) is 6.61 Å². The highest BCUT2D eigenvalue weighted by atomic mass is 16.5. The van der Waals surface area contributed by atoms with Crippen molar-refractivity contribution in [3.8, 4) is 6.19 Å². The second-order valence-corrected chi connectivity index (χ2v) is 2.14. The van der Waals surface area contributed by atoms with Gasteiger partial charge in [-0.15, -0.1) is 4.99 Å². The molecule has 11 heavy (non-hydrogen) atoms. The van der Waals surface area contributed by atoms with E-state index >= 15 is 0 Å². The maximum Gasteiger partial charge on any atom is 0.208 e. The summed E-state index contributed by atoms with van der Waals surface area (Å²) in [6, 6.07) is 0. The molecule has 0 rings (SSSR count). The number of aliphatic imine (C=N–C) groups is 1. The van der Waals surface area contributed by atoms with Crippen molar-refractivity contribution < 1.29 is 4.74 Å². The van der Waals surface area contributed by atoms with Gasteiger partial charge in [0.05, 0.1) is 6.61 Å². The van der Waals surface area contributed by atoms with Crippen molar-refractivity contribution in [3.05, 3.63) is 0 Å². The lowest BCUT2D eigenvalue weighted by atomic mass is 10.2. The summed E-state index contributed by atoms with van der Waals surface area (Å²) in [5.41, 5.74) is 0. The van der Waals surface area contributed by atoms with Gasteiger partial charge < -0.3 is 4.74 Å². The van der Waals surface area contributed by atoms with Crippen LogP contribution in [0.2, 0.25) is 0 Å². The molecule has 0 bridgehead atoms. The molecule has 0 saturated carbocycles. The van der Waals surface area contributed by atoms with Gasteiger partial charge in [-0.05, 0) is 13.3 Å². The van der Waals surface area contributed by atoms with Crippen LogP contribution in [0.3, 0.4) is 0 Å². The molecule has 0 aliphatic rings. The van der Waals surface area contributed by atoms with Gasteiger partial charge in [0.25, 0.3) is 0 Å². The summed E-state index contributed by atoms with van der Waals surface area (Å²) in [5, 5.41) is 8.25. The quantitative estimate of drug-likeness (QED) is 0.353. The molecular weight excluding hydrogens is 140 g/mol. The van der Waals surface area contributed by atoms with Gasteiger partial charge in [-0.2, -0.15) is 5.26 Å². The van der Waals surface area contributed by atoms with Gasteiger partial charge in [-0.1, -0.05) is 13.3 Å². The van der Waals surface area contributed by atoms with Crippen molar-refractivity contribution in [2.45, 2.75) is 33.1 Å². The van der Waals surface area contributed by atoms with Crippen LogP contribution in [-0.2, 0) is 4.74 Å². The van der Waals surface area contributed by atoms with Crippen molar-refractivity contribution in [2.24, 2.45) is 4.99 Å². The fraction of sp³-hybridized carbons (Fsp3) is 0.750. The minimum atomic E-state index is 0.567. The Kier molecular flexibility index (Phi) is 6.40. The van der Waals surface area contributed by atoms with E-state index in [2.05, 4.69) is 11.9 Å². The lowest BCUT2D eigenvalue weighted by molar-refractivity contribution is 0.316. The van der Waals surface area contributed by atoms with Crippen LogP contribution in [0.1, 0.15) is 33.1 Å². The molecule has 0 radical (unpaired) electrons. The van der Waals surface area contributed by atoms with Crippen LogP contribution >= 0.6 is 0 Å². The second kappa shape index (κ2) is 7.07. The predicted molar refractivity (Wildman–Crippen MR) is 44.2 cm³/mol. The van der Waals surface area contributed by atoms with Crippen LogP contribution in [0.5, 0.6) is 0 Å². The molecule has 0 aliphatic carbocycles. The van der Waals surface area contributed by atoms with E-state index in [0.29, 0.717) is 12.5 Å². The first-order valence-electron chi connectivity index (χ1n) is 3.93. The molecule has 0 aromatic rings. The number of hydrogen-bond acceptors (Lipinski definition) is 3. The molecule has 62 valence electrons. The van der Waals surface area contributed by atoms with Gasteiger partial charge in [0, 0.05) is 6.42 Å². The monoisotopic (exact) mass is 154 g/mol. The van der Waals surface area contributed by atoms with Crippen molar-refractivity contribution in [1.82, 2.24) is 0 Å². The molecule has 0 N–H and O–H groups in total. The van der Waals surface area contributed by atoms with E-state index in [-0.39, 0.29) is 0 Å². The zero-order valence-electron chi connectivity index (χ0n) is 7.13. The molecule has 0 aromatic carbocycles. The normalized spacial score (nSPS) is 10.8. The molecule has 0 fully saturated rings. The number of ether oxygens (including phenoxy) is 1. The van der Waals surface area contributed by atoms with E-state index < -0.39 is 0 Å². The van der Waals surface area contributed by atoms with Gasteiger partial charge in [0.1, 0.15) is 0 Å². The topological polar surface area (TPSA) is 45.4 Å². The fourth-order valence-corrected chi connectivity index (χ4v) is 0.711. The third-order valence-corrected chi connectivity index (χ3v) is 1.23. The SMILES string of the molecule is CCCCC(=NC#N)OCC. The third-order valence-electron chi connectivity index (χ3n) is 1.23. The lowest BCUT2D eigenvalue weighted by Gasteiger charge is -2.02. The van der Waals surface area contributed by atoms with Crippen LogP contribution in [0.15, 0.2) is 4.99 Å². The average Bonchev–Trinajstić information content (AvgIpc) is 2.01. The van der Waals surface area contributed by atoms with Crippen LogP contribution in [0.25, 0.3) is 0 Å². The Morgan fingerprint density at radius 2 is 2.27 bits per heavy atom. The van der Waals surface area contributed by atoms with Crippen LogP contribution < -0.4 is 0 Å². The van der Waals surface area contributed by atoms with E-state index in [1.54, 1.807) is 6.19 Å². The summed E-state index contributed by atoms with van der Waals surface area (Å²) in [6.07, 6.45) is 4.62. The third kappa shape index (κ3) is 5.41. The number of nitriles is 1. The fourth-order valence-electron chi connectivity index (χ4n) is 0.711. The maximum absolute atomic E-state index is 8.25. The summed E-state index contributed by atoms with van der Waals surface area (Å²) in [7, 11) is 0. The Labute approximate surface area is 67.7 Å². The number of hydrogen-bond donors (Lipinski definition) is 0. The zero-order chi connectivity index (χ0) is 8.53. The molecular formula is C8H14N2O. The standard InChI is InChI=1S/C8H14N2O/c1-3-5-6-8(10-7-9)11-4-2/h3-6H2,1-2H3. The molecule has 0 spiro atoms. The van der Waals surface area contributed by atoms with Crippen LogP contribution in [-0.4, -0.2) is 12.5 Å². The Morgan fingerprint density at radius 3 is 2.73 bits per heavy atom. The number of nitrogens with zero attached hydrogens (tertiary/aromatic N) is 2. The van der Waals surface area contributed by atoms with E-state index in [4.69, 9.17) is 10.00 Å². The van der Waals surface area contributed by atoms with Crippen molar-refractivity contribution >= 4 is 5.90 Å². The summed E-state index contributed by atoms with van der Waals surface area (Å²) >= 11 is 0. The smallest absolute Gasteiger partial charge is 0.208 e. The molecule has 0 amide bonds. The van der Waals surface area contributed by atoms with Crippen LogP contribution in [0, 0.1) is 11.5 Å². The van der Waals surface area contributed by atoms with Gasteiger partial charge >= 0.3 is 0 Å². The van der Waals surface area contributed by atoms with Gasteiger partial charge in [-0.25, -0.2) is 0 Å². The summed E-state index contributed by atoms with van der Waals surface area (Å²) < 4.78 is 5.11. The predicted octanol–water partition coefficient (Wildman–Crippen LogP) is 2.09. The zero-order valence-corrected chi connectivity index (χ0v) is 7.13. The molecule has 0 aliphatic heterocycles. The number of rotatable bonds is 4. The van der Waals surface area contributed by atoms with Crippen molar-refractivity contribution in [3.63, 3.8) is 0 Å². The second-order valence-electron chi connectivity index (χ2n) is 2.14. The van der Waals surface area contributed by atoms with Crippen LogP contribution in [0.4, 0.5) is 0 Å². The van der Waals surface area contributed by atoms with Gasteiger partial charge in [0.15, 0.2) is 5.90 Å². The molecule has 3 heteroatoms. The molecule has 0 atom stereocenters. The molecule has 0 saturated heterocycles. The summed E-state index contributed by atoms with van der Waals surface area (Å²) in [6.45, 7) is 4.57. The first-order valence-corrected chi connectivity index (χ1v) is 3.93. The molecule has 3 nitrogen and oxygen atoms in total. The van der Waals surface area contributed by atoms with Gasteiger partial charge in [-0.3, -0.25) is 0 Å². The Morgan fingerprint density at radius 1 is 1.55 bits per heavy atom. The van der Waals surface area contributed by atoms with Gasteiger partial charge in [0.2, 0.25) is 6.19 Å². The highest BCUT2D eigenvalue weighted by Gasteiger charge is 1.97. The molecule has 0 unspecified atom stereocenters. The molecule has 0 aromatic heterocycles. The van der Waals surface area contributed by atoms with E-state index in [0.717, 1.165) is 19.3 Å². The minimum Gasteiger partial charge on any atom is -0.481 e. The Bertz CT molecular complexity index is 158. The maximum atomic E-state index is 8.25. The van der Waals surface area contributed by atoms with Crippen molar-refractivity contribution in [1.29, 1.82) is 5.26 Å². The van der Waals surface area contributed by atoms with E-state index in [1.807, 2.05) is 6.92 Å². The molecule has 0 heterocycles. The number of unbranched alkanes of at least 4 members (excludes halogenated alkanes) is 1. The lowest BCUT2D eigenvalue weighted by Crippen LogP contribution is -2.03. The largest absolute Gasteiger partial charge is 0.481 e. The highest BCUT2D eigenvalue weighted by Crippen LogP contribution is 1.98. The Balaban J connectivity index is 3.72. The summed E-state index contributed by atoms with van der Waals surface area (Å²) in [5.74, 6) is 0.567.